The number of hydrogen-bond donors (Lipinski definition) is 0. The van der Waals surface area contributed by atoms with Gasteiger partial charge in [-0.3, -0.25) is 0 Å². The predicted molar refractivity (Wildman–Crippen MR) is 59.4 cm³/mol. The maximum atomic E-state index is 11.2. The zero-order valence-electron chi connectivity index (χ0n) is 9.72. The summed E-state index contributed by atoms with van der Waals surface area (Å²) < 4.78 is 10.8. The van der Waals surface area contributed by atoms with Crippen LogP contribution in [0.5, 0.6) is 0 Å². The van der Waals surface area contributed by atoms with E-state index < -0.39 is 14.6 Å². The Labute approximate surface area is 87.2 Å². The summed E-state index contributed by atoms with van der Waals surface area (Å²) in [6, 6.07) is 0. The van der Waals surface area contributed by atoms with E-state index in [1.807, 2.05) is 6.92 Å². The van der Waals surface area contributed by atoms with Crippen LogP contribution in [0.1, 0.15) is 20.3 Å². The first-order valence-corrected chi connectivity index (χ1v) is 8.21. The molecule has 0 aromatic heterocycles. The minimum atomic E-state index is -1.65. The Morgan fingerprint density at radius 2 is 1.93 bits per heavy atom. The van der Waals surface area contributed by atoms with Crippen molar-refractivity contribution in [3.05, 3.63) is 12.2 Å². The number of hydrogen-bond acceptors (Lipinski definition) is 3. The van der Waals surface area contributed by atoms with E-state index in [0.29, 0.717) is 12.0 Å². The lowest BCUT2D eigenvalue weighted by molar-refractivity contribution is -0.160. The maximum absolute atomic E-state index is 11.2. The molecule has 0 aliphatic heterocycles. The van der Waals surface area contributed by atoms with Crippen molar-refractivity contribution in [2.75, 3.05) is 0 Å². The molecular formula is C10H20O3Si. The highest BCUT2D eigenvalue weighted by atomic mass is 28.4. The molecule has 0 saturated heterocycles. The molecule has 0 radical (unpaired) electrons. The lowest BCUT2D eigenvalue weighted by Crippen LogP contribution is -2.34. The van der Waals surface area contributed by atoms with Crippen LogP contribution in [0.15, 0.2) is 12.2 Å². The Morgan fingerprint density at radius 3 is 2.21 bits per heavy atom. The second-order valence-corrected chi connectivity index (χ2v) is 8.71. The van der Waals surface area contributed by atoms with Gasteiger partial charge in [-0.2, -0.15) is 0 Å². The molecule has 0 aliphatic carbocycles. The van der Waals surface area contributed by atoms with Crippen molar-refractivity contribution in [2.24, 2.45) is 0 Å². The Bertz CT molecular complexity index is 218. The first-order valence-electron chi connectivity index (χ1n) is 4.80. The van der Waals surface area contributed by atoms with Gasteiger partial charge in [-0.15, -0.1) is 0 Å². The first kappa shape index (κ1) is 13.4. The average molecular weight is 216 g/mol. The Hall–Kier alpha value is -0.613. The molecule has 4 heteroatoms. The summed E-state index contributed by atoms with van der Waals surface area (Å²) >= 11 is 0. The number of carbonyl (C=O) groups excluding carboxylic acids is 1. The number of rotatable bonds is 5. The molecule has 3 nitrogen and oxygen atoms in total. The lowest BCUT2D eigenvalue weighted by Gasteiger charge is -2.25. The normalized spacial score (nSPS) is 13.5. The summed E-state index contributed by atoms with van der Waals surface area (Å²) in [5, 5.41) is 0. The van der Waals surface area contributed by atoms with Gasteiger partial charge in [-0.05, 0) is 26.6 Å². The number of ether oxygens (including phenoxy) is 1. The van der Waals surface area contributed by atoms with Crippen LogP contribution in [0.25, 0.3) is 0 Å². The monoisotopic (exact) mass is 216 g/mol. The molecule has 82 valence electrons. The zero-order valence-corrected chi connectivity index (χ0v) is 10.7. The van der Waals surface area contributed by atoms with E-state index in [1.165, 1.54) is 0 Å². The highest BCUT2D eigenvalue weighted by molar-refractivity contribution is 6.69. The van der Waals surface area contributed by atoms with Gasteiger partial charge in [-0.1, -0.05) is 13.5 Å². The molecule has 0 amide bonds. The van der Waals surface area contributed by atoms with Gasteiger partial charge in [-0.25, -0.2) is 4.79 Å². The van der Waals surface area contributed by atoms with Crippen LogP contribution in [0.3, 0.4) is 0 Å². The van der Waals surface area contributed by atoms with Gasteiger partial charge in [0.1, 0.15) is 0 Å². The van der Waals surface area contributed by atoms with Crippen LogP contribution in [0.2, 0.25) is 19.6 Å². The van der Waals surface area contributed by atoms with Gasteiger partial charge in [0.2, 0.25) is 0 Å². The summed E-state index contributed by atoms with van der Waals surface area (Å²) in [5.41, 5.74) is 0.405. The Kier molecular flexibility index (Phi) is 5.08. The minimum absolute atomic E-state index is 0.380. The molecule has 0 bridgehead atoms. The summed E-state index contributed by atoms with van der Waals surface area (Å²) in [5.74, 6) is -0.380. The Morgan fingerprint density at radius 1 is 1.43 bits per heavy atom. The molecule has 0 aromatic carbocycles. The van der Waals surface area contributed by atoms with Gasteiger partial charge in [0, 0.05) is 12.0 Å². The number of carbonyl (C=O) groups is 1. The van der Waals surface area contributed by atoms with Crippen molar-refractivity contribution in [1.29, 1.82) is 0 Å². The van der Waals surface area contributed by atoms with Crippen molar-refractivity contribution in [2.45, 2.75) is 46.2 Å². The molecule has 0 fully saturated rings. The van der Waals surface area contributed by atoms with E-state index in [4.69, 9.17) is 9.16 Å². The van der Waals surface area contributed by atoms with Gasteiger partial charge >= 0.3 is 5.97 Å². The molecule has 0 heterocycles. The second kappa shape index (κ2) is 5.31. The molecular weight excluding hydrogens is 196 g/mol. The molecule has 0 N–H and O–H groups in total. The van der Waals surface area contributed by atoms with Gasteiger partial charge in [0.25, 0.3) is 0 Å². The van der Waals surface area contributed by atoms with Crippen molar-refractivity contribution in [1.82, 2.24) is 0 Å². The van der Waals surface area contributed by atoms with E-state index in [-0.39, 0.29) is 5.97 Å². The standard InChI is InChI=1S/C10H20O3Si/c1-7-9(13-14(4,5)6)12-10(11)8(2)3/h9H,2,7H2,1,3-6H3. The maximum Gasteiger partial charge on any atom is 0.335 e. The average Bonchev–Trinajstić information content (AvgIpc) is 2.00. The van der Waals surface area contributed by atoms with E-state index >= 15 is 0 Å². The fourth-order valence-corrected chi connectivity index (χ4v) is 1.81. The quantitative estimate of drug-likeness (QED) is 0.307. The fourth-order valence-electron chi connectivity index (χ4n) is 0.805. The van der Waals surface area contributed by atoms with Gasteiger partial charge in [0.15, 0.2) is 14.6 Å². The predicted octanol–water partition coefficient (Wildman–Crippen LogP) is 2.69. The topological polar surface area (TPSA) is 35.5 Å². The third kappa shape index (κ3) is 5.94. The third-order valence-electron chi connectivity index (χ3n) is 1.41. The second-order valence-electron chi connectivity index (χ2n) is 4.25. The molecule has 0 aliphatic rings. The molecule has 1 unspecified atom stereocenters. The van der Waals surface area contributed by atoms with Crippen LogP contribution in [-0.4, -0.2) is 20.6 Å². The third-order valence-corrected chi connectivity index (χ3v) is 2.38. The van der Waals surface area contributed by atoms with E-state index in [1.54, 1.807) is 6.92 Å². The van der Waals surface area contributed by atoms with E-state index in [9.17, 15) is 4.79 Å². The molecule has 1 atom stereocenters. The molecule has 0 rings (SSSR count). The lowest BCUT2D eigenvalue weighted by atomic mass is 10.3. The van der Waals surface area contributed by atoms with E-state index in [0.717, 1.165) is 0 Å². The van der Waals surface area contributed by atoms with Crippen LogP contribution in [0, 0.1) is 0 Å². The SMILES string of the molecule is C=C(C)C(=O)OC(CC)O[Si](C)(C)C. The van der Waals surface area contributed by atoms with Gasteiger partial charge < -0.3 is 9.16 Å². The zero-order chi connectivity index (χ0) is 11.4. The van der Waals surface area contributed by atoms with Crippen molar-refractivity contribution in [3.8, 4) is 0 Å². The van der Waals surface area contributed by atoms with Crippen LogP contribution >= 0.6 is 0 Å². The van der Waals surface area contributed by atoms with Gasteiger partial charge in [0.05, 0.1) is 0 Å². The minimum Gasteiger partial charge on any atom is -0.433 e. The fraction of sp³-hybridized carbons (Fsp3) is 0.700. The Balaban J connectivity index is 4.17. The van der Waals surface area contributed by atoms with Crippen molar-refractivity contribution in [3.63, 3.8) is 0 Å². The van der Waals surface area contributed by atoms with Crippen LogP contribution in [-0.2, 0) is 14.0 Å². The molecule has 0 aromatic rings. The van der Waals surface area contributed by atoms with Crippen LogP contribution in [0.4, 0.5) is 0 Å². The molecule has 0 saturated carbocycles. The first-order chi connectivity index (χ1) is 6.26. The smallest absolute Gasteiger partial charge is 0.335 e. The van der Waals surface area contributed by atoms with Crippen molar-refractivity contribution >= 4 is 14.3 Å². The van der Waals surface area contributed by atoms with Crippen molar-refractivity contribution < 1.29 is 14.0 Å². The summed E-state index contributed by atoms with van der Waals surface area (Å²) in [7, 11) is -1.65. The summed E-state index contributed by atoms with van der Waals surface area (Å²) in [6.45, 7) is 13.3. The summed E-state index contributed by atoms with van der Waals surface area (Å²) in [4.78, 5) is 11.2. The van der Waals surface area contributed by atoms with E-state index in [2.05, 4.69) is 26.2 Å². The largest absolute Gasteiger partial charge is 0.433 e. The summed E-state index contributed by atoms with van der Waals surface area (Å²) in [6.07, 6.45) is 0.245. The highest BCUT2D eigenvalue weighted by Crippen LogP contribution is 2.12. The number of esters is 1. The highest BCUT2D eigenvalue weighted by Gasteiger charge is 2.22. The molecule has 14 heavy (non-hydrogen) atoms. The van der Waals surface area contributed by atoms with Crippen LogP contribution < -0.4 is 0 Å². The molecule has 0 spiro atoms.